The van der Waals surface area contributed by atoms with E-state index in [1.165, 1.54) is 34.9 Å². The lowest BCUT2D eigenvalue weighted by atomic mass is 9.83. The molecule has 170 valence electrons. The molecule has 4 heterocycles. The molecule has 0 unspecified atom stereocenters. The predicted molar refractivity (Wildman–Crippen MR) is 113 cm³/mol. The highest BCUT2D eigenvalue weighted by molar-refractivity contribution is 7.13. The van der Waals surface area contributed by atoms with E-state index in [1.807, 2.05) is 6.92 Å². The van der Waals surface area contributed by atoms with Gasteiger partial charge in [-0.3, -0.25) is 4.79 Å². The van der Waals surface area contributed by atoms with Gasteiger partial charge in [-0.15, -0.1) is 20.1 Å². The molecule has 1 amide bonds. The third kappa shape index (κ3) is 3.54. The molecular weight excluding hydrogens is 458 g/mol. The van der Waals surface area contributed by atoms with Crippen LogP contribution in [0.5, 0.6) is 17.2 Å². The number of carboxylic acids is 1. The lowest BCUT2D eigenvalue weighted by molar-refractivity contribution is -0.286. The van der Waals surface area contributed by atoms with Crippen molar-refractivity contribution in [3.05, 3.63) is 52.4 Å². The van der Waals surface area contributed by atoms with Crippen LogP contribution in [-0.2, 0) is 10.2 Å². The third-order valence-corrected chi connectivity index (χ3v) is 6.47. The van der Waals surface area contributed by atoms with Gasteiger partial charge >= 0.3 is 12.3 Å². The Labute approximate surface area is 189 Å². The van der Waals surface area contributed by atoms with E-state index in [2.05, 4.69) is 19.8 Å². The van der Waals surface area contributed by atoms with Gasteiger partial charge in [0.25, 0.3) is 0 Å². The minimum atomic E-state index is -3.78. The predicted octanol–water partition coefficient (Wildman–Crippen LogP) is 4.43. The number of thiophene rings is 1. The number of aromatic nitrogens is 1. The molecule has 1 aromatic carbocycles. The van der Waals surface area contributed by atoms with Crippen LogP contribution in [0.3, 0.4) is 0 Å². The van der Waals surface area contributed by atoms with Crippen LogP contribution in [0.2, 0.25) is 0 Å². The first-order valence-electron chi connectivity index (χ1n) is 9.74. The molecule has 2 aliphatic heterocycles. The van der Waals surface area contributed by atoms with Gasteiger partial charge in [0.05, 0.1) is 16.1 Å². The SMILES string of the molecule is Cc1ccc(NC(=O)[C@@]2(C)COc3cc4c(cc32)OC(F)(F)O4)nc1-c1cc(C(=O)O)cs1. The molecular formula is C22H16F2N2O6S. The van der Waals surface area contributed by atoms with Gasteiger partial charge in [-0.1, -0.05) is 6.07 Å². The molecule has 0 fully saturated rings. The smallest absolute Gasteiger partial charge is 0.492 e. The third-order valence-electron chi connectivity index (χ3n) is 5.53. The van der Waals surface area contributed by atoms with Gasteiger partial charge < -0.3 is 24.6 Å². The van der Waals surface area contributed by atoms with Gasteiger partial charge in [0.1, 0.15) is 23.6 Å². The lowest BCUT2D eigenvalue weighted by Gasteiger charge is -2.22. The van der Waals surface area contributed by atoms with Crippen molar-refractivity contribution in [3.63, 3.8) is 0 Å². The van der Waals surface area contributed by atoms with Crippen LogP contribution in [0.15, 0.2) is 35.7 Å². The van der Waals surface area contributed by atoms with Crippen LogP contribution < -0.4 is 19.5 Å². The molecule has 2 aromatic heterocycles. The summed E-state index contributed by atoms with van der Waals surface area (Å²) in [7, 11) is 0. The van der Waals surface area contributed by atoms with Crippen LogP contribution in [0.25, 0.3) is 10.6 Å². The number of hydrogen-bond acceptors (Lipinski definition) is 7. The summed E-state index contributed by atoms with van der Waals surface area (Å²) in [5.74, 6) is -1.31. The number of aromatic carboxylic acids is 1. The number of carboxylic acid groups (broad SMARTS) is 1. The Morgan fingerprint density at radius 3 is 2.58 bits per heavy atom. The van der Waals surface area contributed by atoms with Gasteiger partial charge in [-0.25, -0.2) is 9.78 Å². The number of pyridine rings is 1. The van der Waals surface area contributed by atoms with Crippen molar-refractivity contribution in [2.24, 2.45) is 0 Å². The van der Waals surface area contributed by atoms with Crippen LogP contribution in [0, 0.1) is 6.92 Å². The number of aryl methyl sites for hydroxylation is 1. The highest BCUT2D eigenvalue weighted by Crippen LogP contribution is 2.50. The number of halogens is 2. The average molecular weight is 474 g/mol. The summed E-state index contributed by atoms with van der Waals surface area (Å²) >= 11 is 1.24. The van der Waals surface area contributed by atoms with E-state index in [4.69, 9.17) is 9.84 Å². The molecule has 2 N–H and O–H groups in total. The van der Waals surface area contributed by atoms with Crippen LogP contribution in [0.1, 0.15) is 28.4 Å². The van der Waals surface area contributed by atoms with E-state index in [0.717, 1.165) is 5.56 Å². The van der Waals surface area contributed by atoms with Gasteiger partial charge in [-0.05, 0) is 37.6 Å². The number of amides is 1. The molecule has 3 aromatic rings. The first kappa shape index (κ1) is 21.1. The van der Waals surface area contributed by atoms with Crippen molar-refractivity contribution in [2.75, 3.05) is 11.9 Å². The Hall–Kier alpha value is -3.73. The number of nitrogens with zero attached hydrogens (tertiary/aromatic N) is 1. The molecule has 1 atom stereocenters. The molecule has 0 radical (unpaired) electrons. The number of carbonyl (C=O) groups is 2. The second kappa shape index (κ2) is 7.14. The number of rotatable bonds is 4. The summed E-state index contributed by atoms with van der Waals surface area (Å²) in [4.78, 5) is 29.6. The molecule has 0 saturated heterocycles. The fraction of sp³-hybridized carbons (Fsp3) is 0.227. The number of nitrogens with one attached hydrogen (secondary N) is 1. The van der Waals surface area contributed by atoms with Gasteiger partial charge in [0.15, 0.2) is 11.5 Å². The molecule has 0 spiro atoms. The molecule has 0 saturated carbocycles. The number of carbonyl (C=O) groups excluding carboxylic acids is 1. The zero-order valence-electron chi connectivity index (χ0n) is 17.3. The molecule has 0 aliphatic carbocycles. The number of benzene rings is 1. The highest BCUT2D eigenvalue weighted by Gasteiger charge is 2.49. The number of hydrogen-bond donors (Lipinski definition) is 2. The molecule has 11 heteroatoms. The van der Waals surface area contributed by atoms with E-state index in [1.54, 1.807) is 19.1 Å². The highest BCUT2D eigenvalue weighted by atomic mass is 32.1. The quantitative estimate of drug-likeness (QED) is 0.576. The minimum Gasteiger partial charge on any atom is -0.492 e. The summed E-state index contributed by atoms with van der Waals surface area (Å²) < 4.78 is 41.4. The van der Waals surface area contributed by atoms with Crippen molar-refractivity contribution in [2.45, 2.75) is 25.6 Å². The second-order valence-electron chi connectivity index (χ2n) is 7.90. The second-order valence-corrected chi connectivity index (χ2v) is 8.82. The maximum absolute atomic E-state index is 13.4. The Kier molecular flexibility index (Phi) is 4.57. The Morgan fingerprint density at radius 2 is 1.88 bits per heavy atom. The standard InChI is InChI=1S/C22H16F2N2O6S/c1-10-3-4-17(25-18(10)16-5-11(8-33-16)19(27)28)26-20(29)21(2)9-30-13-7-15-14(6-12(13)21)31-22(23,24)32-15/h3-8H,9H2,1-2H3,(H,27,28)(H,25,26,29)/t21-/m0/s1. The Bertz CT molecular complexity index is 1320. The van der Waals surface area contributed by atoms with E-state index in [-0.39, 0.29) is 35.2 Å². The molecule has 8 nitrogen and oxygen atoms in total. The Morgan fingerprint density at radius 1 is 1.15 bits per heavy atom. The van der Waals surface area contributed by atoms with Crippen LogP contribution in [0.4, 0.5) is 14.6 Å². The first-order chi connectivity index (χ1) is 15.6. The van der Waals surface area contributed by atoms with Gasteiger partial charge in [0.2, 0.25) is 5.91 Å². The Balaban J connectivity index is 1.43. The van der Waals surface area contributed by atoms with E-state index in [9.17, 15) is 18.4 Å². The first-order valence-corrected chi connectivity index (χ1v) is 10.6. The normalized spacial score (nSPS) is 19.6. The zero-order valence-corrected chi connectivity index (χ0v) is 18.1. The molecule has 33 heavy (non-hydrogen) atoms. The fourth-order valence-corrected chi connectivity index (χ4v) is 4.63. The summed E-state index contributed by atoms with van der Waals surface area (Å²) in [6.45, 7) is 3.44. The maximum atomic E-state index is 13.4. The van der Waals surface area contributed by atoms with Crippen molar-refractivity contribution in [3.8, 4) is 27.8 Å². The number of ether oxygens (including phenoxy) is 3. The number of fused-ring (bicyclic) bond motifs is 2. The van der Waals surface area contributed by atoms with E-state index < -0.39 is 23.6 Å². The molecule has 5 rings (SSSR count). The fourth-order valence-electron chi connectivity index (χ4n) is 3.69. The molecule has 2 aliphatic rings. The topological polar surface area (TPSA) is 107 Å². The minimum absolute atomic E-state index is 0.0148. The van der Waals surface area contributed by atoms with Crippen LogP contribution in [-0.4, -0.2) is 34.9 Å². The number of alkyl halides is 2. The lowest BCUT2D eigenvalue weighted by Crippen LogP contribution is -2.39. The average Bonchev–Trinajstić information content (AvgIpc) is 3.43. The summed E-state index contributed by atoms with van der Waals surface area (Å²) in [6.07, 6.45) is -3.78. The summed E-state index contributed by atoms with van der Waals surface area (Å²) in [6, 6.07) is 7.52. The zero-order chi connectivity index (χ0) is 23.5. The summed E-state index contributed by atoms with van der Waals surface area (Å²) in [5.41, 5.74) is 0.696. The van der Waals surface area contributed by atoms with Crippen molar-refractivity contribution in [1.82, 2.24) is 4.98 Å². The van der Waals surface area contributed by atoms with Gasteiger partial charge in [0, 0.05) is 17.0 Å². The van der Waals surface area contributed by atoms with Crippen molar-refractivity contribution >= 4 is 29.0 Å². The van der Waals surface area contributed by atoms with Gasteiger partial charge in [-0.2, -0.15) is 0 Å². The summed E-state index contributed by atoms with van der Waals surface area (Å²) in [5, 5.41) is 13.4. The van der Waals surface area contributed by atoms with E-state index >= 15 is 0 Å². The monoisotopic (exact) mass is 474 g/mol. The van der Waals surface area contributed by atoms with Crippen molar-refractivity contribution in [1.29, 1.82) is 0 Å². The maximum Gasteiger partial charge on any atom is 0.586 e. The van der Waals surface area contributed by atoms with Crippen molar-refractivity contribution < 1.29 is 37.7 Å². The largest absolute Gasteiger partial charge is 0.586 e. The van der Waals surface area contributed by atoms with E-state index in [0.29, 0.717) is 16.1 Å². The molecule has 0 bridgehead atoms. The van der Waals surface area contributed by atoms with Crippen LogP contribution >= 0.6 is 11.3 Å². The number of anilines is 1.